The molecule has 0 atom stereocenters. The summed E-state index contributed by atoms with van der Waals surface area (Å²) in [5.74, 6) is -4.23. The summed E-state index contributed by atoms with van der Waals surface area (Å²) < 4.78 is 68.9. The number of halogens is 6. The molecule has 0 radical (unpaired) electrons. The lowest BCUT2D eigenvalue weighted by Crippen LogP contribution is -2.36. The van der Waals surface area contributed by atoms with Crippen LogP contribution >= 0.6 is 0 Å². The second kappa shape index (κ2) is 13.6. The van der Waals surface area contributed by atoms with Gasteiger partial charge in [0.05, 0.1) is 18.7 Å². The molecule has 0 saturated carbocycles. The molecule has 43 heavy (non-hydrogen) atoms. The number of carbonyl (C=O) groups is 2. The highest BCUT2D eigenvalue weighted by Crippen LogP contribution is 2.30. The number of aryl methyl sites for hydroxylation is 1. The summed E-state index contributed by atoms with van der Waals surface area (Å²) in [5.41, 5.74) is 11.8. The Kier molecular flexibility index (Phi) is 10.4. The number of nitrogens with two attached hydrogens (primary N) is 1. The maximum Gasteiger partial charge on any atom is 0.490 e. The van der Waals surface area contributed by atoms with Crippen LogP contribution in [-0.2, 0) is 14.3 Å². The highest BCUT2D eigenvalue weighted by atomic mass is 19.4. The number of nitrogen functional groups attached to an aromatic ring is 1. The van der Waals surface area contributed by atoms with Gasteiger partial charge in [-0.15, -0.1) is 0 Å². The molecule has 0 unspecified atom stereocenters. The van der Waals surface area contributed by atoms with E-state index >= 15 is 0 Å². The quantitative estimate of drug-likeness (QED) is 0.206. The molecule has 4 aromatic rings. The van der Waals surface area contributed by atoms with Crippen molar-refractivity contribution >= 4 is 45.9 Å². The van der Waals surface area contributed by atoms with E-state index < -0.39 is 24.3 Å². The maximum atomic E-state index is 10.6. The Morgan fingerprint density at radius 3 is 2.19 bits per heavy atom. The van der Waals surface area contributed by atoms with Gasteiger partial charge in [-0.05, 0) is 30.7 Å². The molecule has 1 aliphatic heterocycles. The molecular weight excluding hydrogens is 590 g/mol. The van der Waals surface area contributed by atoms with E-state index in [0.717, 1.165) is 66.3 Å². The minimum absolute atomic E-state index is 0.462. The SMILES string of the molecule is Cc1nc2nc(N)cc(-c3cc4ccc(/C=C/CN5CCOCC5)cc4[nH]3)c2[nH]1.O=C(O)C(F)(F)F.O=C(O)C(F)(F)F. The van der Waals surface area contributed by atoms with Gasteiger partial charge in [0, 0.05) is 41.8 Å². The summed E-state index contributed by atoms with van der Waals surface area (Å²) in [5, 5.41) is 15.4. The van der Waals surface area contributed by atoms with Gasteiger partial charge in [-0.2, -0.15) is 26.3 Å². The van der Waals surface area contributed by atoms with Gasteiger partial charge in [-0.3, -0.25) is 4.90 Å². The lowest BCUT2D eigenvalue weighted by Gasteiger charge is -2.25. The average Bonchev–Trinajstić information content (AvgIpc) is 3.50. The first-order valence-electron chi connectivity index (χ1n) is 12.4. The van der Waals surface area contributed by atoms with Crippen LogP contribution in [-0.4, -0.2) is 92.2 Å². The predicted octanol–water partition coefficient (Wildman–Crippen LogP) is 4.61. The number of nitrogens with zero attached hydrogens (tertiary/aromatic N) is 3. The van der Waals surface area contributed by atoms with Crippen molar-refractivity contribution in [1.82, 2.24) is 24.8 Å². The van der Waals surface area contributed by atoms with E-state index in [-0.39, 0.29) is 0 Å². The van der Waals surface area contributed by atoms with E-state index in [1.165, 1.54) is 5.56 Å². The van der Waals surface area contributed by atoms with Crippen LogP contribution in [0.25, 0.3) is 39.4 Å². The van der Waals surface area contributed by atoms with E-state index in [1.807, 2.05) is 13.0 Å². The largest absolute Gasteiger partial charge is 0.490 e. The van der Waals surface area contributed by atoms with Crippen molar-refractivity contribution in [1.29, 1.82) is 0 Å². The third-order valence-corrected chi connectivity index (χ3v) is 5.80. The first kappa shape index (κ1) is 32.9. The molecule has 5 rings (SSSR count). The van der Waals surface area contributed by atoms with Crippen molar-refractivity contribution in [2.75, 3.05) is 38.6 Å². The van der Waals surface area contributed by atoms with Crippen molar-refractivity contribution in [2.45, 2.75) is 19.3 Å². The van der Waals surface area contributed by atoms with E-state index in [1.54, 1.807) is 0 Å². The van der Waals surface area contributed by atoms with Crippen LogP contribution in [0, 0.1) is 6.92 Å². The third-order valence-electron chi connectivity index (χ3n) is 5.80. The van der Waals surface area contributed by atoms with Gasteiger partial charge < -0.3 is 30.7 Å². The molecule has 0 aliphatic carbocycles. The standard InChI is InChI=1S/C22H24N6O.2C2HF3O2/c1-14-24-21-17(13-20(23)27-22(21)25-14)19-12-16-5-4-15(11-18(16)26-19)3-2-6-28-7-9-29-10-8-28;2*3-2(4,5)1(6)7/h2-5,11-13,26H,6-10H2,1H3,(H3,23,24,25,27);2*(H,6,7)/b3-2+;;. The minimum atomic E-state index is -5.08. The first-order valence-corrected chi connectivity index (χ1v) is 12.4. The second-order valence-corrected chi connectivity index (χ2v) is 9.07. The summed E-state index contributed by atoms with van der Waals surface area (Å²) in [6, 6.07) is 10.5. The van der Waals surface area contributed by atoms with E-state index in [9.17, 15) is 26.3 Å². The van der Waals surface area contributed by atoms with Crippen LogP contribution in [0.5, 0.6) is 0 Å². The van der Waals surface area contributed by atoms with Crippen LogP contribution in [0.2, 0.25) is 0 Å². The number of fused-ring (bicyclic) bond motifs is 2. The number of aliphatic carboxylic acids is 2. The van der Waals surface area contributed by atoms with Crippen LogP contribution in [0.1, 0.15) is 11.4 Å². The van der Waals surface area contributed by atoms with Gasteiger partial charge in [-0.25, -0.2) is 19.6 Å². The van der Waals surface area contributed by atoms with Gasteiger partial charge in [0.1, 0.15) is 11.6 Å². The normalized spacial score (nSPS) is 14.3. The number of aromatic nitrogens is 4. The number of aromatic amines is 2. The summed E-state index contributed by atoms with van der Waals surface area (Å²) in [7, 11) is 0. The van der Waals surface area contributed by atoms with Crippen molar-refractivity contribution in [3.05, 3.63) is 47.8 Å². The minimum Gasteiger partial charge on any atom is -0.475 e. The Labute approximate surface area is 239 Å². The lowest BCUT2D eigenvalue weighted by atomic mass is 10.1. The fourth-order valence-corrected chi connectivity index (χ4v) is 3.85. The molecule has 1 fully saturated rings. The number of carboxylic acid groups (broad SMARTS) is 2. The molecule has 1 saturated heterocycles. The molecule has 0 spiro atoms. The summed E-state index contributed by atoms with van der Waals surface area (Å²) in [6.07, 6.45) is -5.77. The predicted molar refractivity (Wildman–Crippen MR) is 144 cm³/mol. The summed E-state index contributed by atoms with van der Waals surface area (Å²) >= 11 is 0. The van der Waals surface area contributed by atoms with Crippen molar-refractivity contribution in [2.24, 2.45) is 0 Å². The monoisotopic (exact) mass is 616 g/mol. The Balaban J connectivity index is 0.000000303. The Bertz CT molecular complexity index is 1580. The van der Waals surface area contributed by atoms with E-state index in [4.69, 9.17) is 30.3 Å². The molecule has 11 nitrogen and oxygen atoms in total. The Morgan fingerprint density at radius 2 is 1.60 bits per heavy atom. The fourth-order valence-electron chi connectivity index (χ4n) is 3.85. The number of morpholine rings is 1. The third kappa shape index (κ3) is 9.44. The molecule has 3 aromatic heterocycles. The average molecular weight is 617 g/mol. The van der Waals surface area contributed by atoms with Crippen molar-refractivity contribution < 1.29 is 50.9 Å². The Morgan fingerprint density at radius 1 is 1.00 bits per heavy atom. The lowest BCUT2D eigenvalue weighted by molar-refractivity contribution is -0.193. The zero-order valence-electron chi connectivity index (χ0n) is 22.4. The summed E-state index contributed by atoms with van der Waals surface area (Å²) in [4.78, 5) is 35.8. The number of H-pyrrole nitrogens is 2. The molecule has 232 valence electrons. The Hall–Kier alpha value is -4.64. The van der Waals surface area contributed by atoms with Crippen LogP contribution < -0.4 is 5.73 Å². The number of pyridine rings is 1. The highest BCUT2D eigenvalue weighted by Gasteiger charge is 2.38. The molecule has 4 heterocycles. The highest BCUT2D eigenvalue weighted by molar-refractivity contribution is 5.95. The molecule has 6 N–H and O–H groups in total. The fraction of sp³-hybridized carbons (Fsp3) is 0.308. The summed E-state index contributed by atoms with van der Waals surface area (Å²) in [6.45, 7) is 6.52. The van der Waals surface area contributed by atoms with Gasteiger partial charge in [0.25, 0.3) is 0 Å². The number of hydrogen-bond acceptors (Lipinski definition) is 7. The number of alkyl halides is 6. The topological polar surface area (TPSA) is 170 Å². The van der Waals surface area contributed by atoms with E-state index in [0.29, 0.717) is 11.5 Å². The molecule has 0 amide bonds. The van der Waals surface area contributed by atoms with Crippen LogP contribution in [0.15, 0.2) is 36.4 Å². The van der Waals surface area contributed by atoms with Gasteiger partial charge in [0.15, 0.2) is 5.65 Å². The molecule has 17 heteroatoms. The zero-order chi connectivity index (χ0) is 31.9. The van der Waals surface area contributed by atoms with Gasteiger partial charge in [-0.1, -0.05) is 24.3 Å². The number of rotatable bonds is 4. The molecule has 1 aromatic carbocycles. The van der Waals surface area contributed by atoms with Crippen molar-refractivity contribution in [3.63, 3.8) is 0 Å². The number of nitrogens with one attached hydrogen (secondary N) is 2. The zero-order valence-corrected chi connectivity index (χ0v) is 22.4. The number of carboxylic acids is 2. The number of benzene rings is 1. The maximum absolute atomic E-state index is 10.6. The first-order chi connectivity index (χ1) is 20.0. The second-order valence-electron chi connectivity index (χ2n) is 9.07. The van der Waals surface area contributed by atoms with Gasteiger partial charge >= 0.3 is 24.3 Å². The molecule has 1 aliphatic rings. The smallest absolute Gasteiger partial charge is 0.475 e. The molecule has 0 bridgehead atoms. The number of hydrogen-bond donors (Lipinski definition) is 5. The van der Waals surface area contributed by atoms with Crippen LogP contribution in [0.4, 0.5) is 32.2 Å². The van der Waals surface area contributed by atoms with Crippen LogP contribution in [0.3, 0.4) is 0 Å². The number of imidazole rings is 1. The van der Waals surface area contributed by atoms with Crippen molar-refractivity contribution in [3.8, 4) is 11.3 Å². The van der Waals surface area contributed by atoms with Gasteiger partial charge in [0.2, 0.25) is 0 Å². The number of ether oxygens (including phenoxy) is 1. The number of anilines is 1. The van der Waals surface area contributed by atoms with E-state index in [2.05, 4.69) is 61.3 Å². The molecular formula is C26H26F6N6O5.